The molecule has 0 bridgehead atoms. The molecule has 2 heterocycles. The molecule has 6 amide bonds. The van der Waals surface area contributed by atoms with E-state index in [0.717, 1.165) is 11.1 Å². The van der Waals surface area contributed by atoms with Crippen LogP contribution in [0.3, 0.4) is 0 Å². The molecule has 2 aromatic rings. The van der Waals surface area contributed by atoms with E-state index in [1.165, 1.54) is 28.7 Å². The number of amides is 6. The summed E-state index contributed by atoms with van der Waals surface area (Å²) in [4.78, 5) is 95.1. The SMILES string of the molecule is CSCCC(NN1CC[C@@H](NC(=O)[C@H](Cc2ccccc2)N(C)C(=O)C(Cc2ccccc2)NC(=O)C2CCC(=O)N2)C1=O)(C(N)=O)C(=O)CCC(C)C. The average molecular weight is 764 g/mol. The van der Waals surface area contributed by atoms with Gasteiger partial charge in [0, 0.05) is 39.3 Å². The van der Waals surface area contributed by atoms with Gasteiger partial charge < -0.3 is 26.6 Å². The van der Waals surface area contributed by atoms with Crippen LogP contribution in [-0.4, -0.2) is 106 Å². The van der Waals surface area contributed by atoms with Gasteiger partial charge in [0.1, 0.15) is 24.2 Å². The fourth-order valence-electron chi connectivity index (χ4n) is 6.66. The van der Waals surface area contributed by atoms with Crippen molar-refractivity contribution in [3.8, 4) is 0 Å². The van der Waals surface area contributed by atoms with Gasteiger partial charge in [0.15, 0.2) is 11.3 Å². The minimum absolute atomic E-state index is 0.0844. The van der Waals surface area contributed by atoms with Gasteiger partial charge in [-0.15, -0.1) is 0 Å². The number of hydrogen-bond donors (Lipinski definition) is 5. The first-order valence-electron chi connectivity index (χ1n) is 18.4. The van der Waals surface area contributed by atoms with Crippen molar-refractivity contribution in [3.63, 3.8) is 0 Å². The number of benzene rings is 2. The lowest BCUT2D eigenvalue weighted by Gasteiger charge is -2.35. The first-order valence-corrected chi connectivity index (χ1v) is 19.8. The smallest absolute Gasteiger partial charge is 0.259 e. The lowest BCUT2D eigenvalue weighted by atomic mass is 9.86. The Morgan fingerprint density at radius 1 is 0.981 bits per heavy atom. The number of ketones is 1. The van der Waals surface area contributed by atoms with Crippen LogP contribution in [0.5, 0.6) is 0 Å². The second-order valence-corrected chi connectivity index (χ2v) is 15.4. The van der Waals surface area contributed by atoms with E-state index >= 15 is 0 Å². The van der Waals surface area contributed by atoms with Gasteiger partial charge in [-0.2, -0.15) is 11.8 Å². The minimum atomic E-state index is -1.80. The predicted molar refractivity (Wildman–Crippen MR) is 205 cm³/mol. The maximum Gasteiger partial charge on any atom is 0.259 e. The van der Waals surface area contributed by atoms with Gasteiger partial charge in [-0.1, -0.05) is 74.5 Å². The molecule has 2 aromatic carbocycles. The maximum atomic E-state index is 14.3. The highest BCUT2D eigenvalue weighted by atomic mass is 32.2. The van der Waals surface area contributed by atoms with E-state index in [2.05, 4.69) is 21.4 Å². The number of hydrazine groups is 1. The molecule has 2 aliphatic heterocycles. The summed E-state index contributed by atoms with van der Waals surface area (Å²) < 4.78 is 0. The Labute approximate surface area is 321 Å². The van der Waals surface area contributed by atoms with Gasteiger partial charge >= 0.3 is 0 Å². The highest BCUT2D eigenvalue weighted by molar-refractivity contribution is 7.98. The summed E-state index contributed by atoms with van der Waals surface area (Å²) in [5, 5.41) is 9.45. The third-order valence-electron chi connectivity index (χ3n) is 9.97. The molecule has 15 heteroatoms. The van der Waals surface area contributed by atoms with Gasteiger partial charge in [0.25, 0.3) is 5.91 Å². The Morgan fingerprint density at radius 2 is 1.61 bits per heavy atom. The van der Waals surface area contributed by atoms with Gasteiger partial charge in [0.05, 0.1) is 0 Å². The molecule has 6 N–H and O–H groups in total. The molecule has 0 radical (unpaired) electrons. The molecule has 0 saturated carbocycles. The minimum Gasteiger partial charge on any atom is -0.368 e. The quantitative estimate of drug-likeness (QED) is 0.123. The number of nitrogens with zero attached hydrogens (tertiary/aromatic N) is 2. The first-order chi connectivity index (χ1) is 25.7. The summed E-state index contributed by atoms with van der Waals surface area (Å²) in [6.07, 6.45) is 3.49. The fraction of sp³-hybridized carbons (Fsp3) is 0.513. The van der Waals surface area contributed by atoms with Crippen molar-refractivity contribution in [2.45, 2.75) is 94.9 Å². The standard InChI is InChI=1S/C39H53N7O7S/c1-25(2)15-17-32(47)39(38(40)53,20-22-54-4)44-46-21-19-29(37(46)52)42-35(50)31(24-27-13-9-6-10-14-27)45(3)36(51)30(23-26-11-7-5-8-12-26)43-34(49)28-16-18-33(48)41-28/h5-14,25,28-31,44H,15-24H2,1-4H3,(H2,40,53)(H,41,48)(H,42,50)(H,43,49)/t28?,29-,30?,31+,39?/m1/s1. The van der Waals surface area contributed by atoms with Crippen molar-refractivity contribution in [2.24, 2.45) is 11.7 Å². The molecular formula is C39H53N7O7S. The molecule has 14 nitrogen and oxygen atoms in total. The summed E-state index contributed by atoms with van der Waals surface area (Å²) in [6.45, 7) is 4.04. The number of likely N-dealkylation sites (N-methyl/N-ethyl adjacent to an activating group) is 1. The van der Waals surface area contributed by atoms with Crippen LogP contribution in [0.15, 0.2) is 60.7 Å². The highest BCUT2D eigenvalue weighted by Gasteiger charge is 2.48. The Balaban J connectivity index is 1.55. The molecule has 0 aromatic heterocycles. The molecule has 0 spiro atoms. The first kappa shape index (κ1) is 42.0. The van der Waals surface area contributed by atoms with Gasteiger partial charge in [-0.25, -0.2) is 5.43 Å². The van der Waals surface area contributed by atoms with Gasteiger partial charge in [-0.3, -0.25) is 38.6 Å². The van der Waals surface area contributed by atoms with E-state index < -0.39 is 65.0 Å². The zero-order valence-corrected chi connectivity index (χ0v) is 32.3. The fourth-order valence-corrected chi connectivity index (χ4v) is 7.17. The van der Waals surface area contributed by atoms with Crippen molar-refractivity contribution in [3.05, 3.63) is 71.8 Å². The number of carbonyl (C=O) groups excluding carboxylic acids is 7. The van der Waals surface area contributed by atoms with Crippen LogP contribution < -0.4 is 27.1 Å². The number of primary amides is 1. The van der Waals surface area contributed by atoms with Gasteiger partial charge in [-0.05, 0) is 54.7 Å². The number of carbonyl (C=O) groups is 7. The molecule has 2 aliphatic rings. The second-order valence-electron chi connectivity index (χ2n) is 14.4. The van der Waals surface area contributed by atoms with Crippen LogP contribution >= 0.6 is 11.8 Å². The van der Waals surface area contributed by atoms with Crippen molar-refractivity contribution in [1.82, 2.24) is 31.3 Å². The van der Waals surface area contributed by atoms with E-state index in [1.807, 2.05) is 80.8 Å². The predicted octanol–water partition coefficient (Wildman–Crippen LogP) is 1.27. The van der Waals surface area contributed by atoms with Crippen LogP contribution in [-0.2, 0) is 46.4 Å². The van der Waals surface area contributed by atoms with E-state index in [0.29, 0.717) is 18.6 Å². The zero-order valence-electron chi connectivity index (χ0n) is 31.5. The second kappa shape index (κ2) is 19.5. The Morgan fingerprint density at radius 3 is 2.17 bits per heavy atom. The summed E-state index contributed by atoms with van der Waals surface area (Å²) in [5.74, 6) is -3.04. The third kappa shape index (κ3) is 10.9. The van der Waals surface area contributed by atoms with Crippen molar-refractivity contribution in [2.75, 3.05) is 25.6 Å². The molecule has 3 unspecified atom stereocenters. The van der Waals surface area contributed by atoms with Crippen LogP contribution in [0.1, 0.15) is 63.5 Å². The van der Waals surface area contributed by atoms with Gasteiger partial charge in [0.2, 0.25) is 29.5 Å². The van der Waals surface area contributed by atoms with Crippen LogP contribution in [0.25, 0.3) is 0 Å². The van der Waals surface area contributed by atoms with Crippen molar-refractivity contribution >= 4 is 53.0 Å². The zero-order chi connectivity index (χ0) is 39.4. The number of nitrogens with two attached hydrogens (primary N) is 1. The van der Waals surface area contributed by atoms with E-state index in [1.54, 1.807) is 0 Å². The average Bonchev–Trinajstić information content (AvgIpc) is 3.75. The number of nitrogens with one attached hydrogen (secondary N) is 4. The highest BCUT2D eigenvalue weighted by Crippen LogP contribution is 2.23. The summed E-state index contributed by atoms with van der Waals surface area (Å²) in [6, 6.07) is 14.3. The van der Waals surface area contributed by atoms with E-state index in [4.69, 9.17) is 5.73 Å². The normalized spacial score (nSPS) is 19.1. The van der Waals surface area contributed by atoms with Crippen LogP contribution in [0.2, 0.25) is 0 Å². The molecule has 54 heavy (non-hydrogen) atoms. The van der Waals surface area contributed by atoms with Crippen LogP contribution in [0.4, 0.5) is 0 Å². The molecule has 2 saturated heterocycles. The molecule has 5 atom stereocenters. The Bertz CT molecular complexity index is 1660. The van der Waals surface area contributed by atoms with Crippen LogP contribution in [0, 0.1) is 5.92 Å². The van der Waals surface area contributed by atoms with E-state index in [-0.39, 0.29) is 56.9 Å². The summed E-state index contributed by atoms with van der Waals surface area (Å²) >= 11 is 1.44. The monoisotopic (exact) mass is 763 g/mol. The number of thioether (sulfide) groups is 1. The number of hydrogen-bond acceptors (Lipinski definition) is 9. The molecular weight excluding hydrogens is 711 g/mol. The topological polar surface area (TPSA) is 200 Å². The maximum absolute atomic E-state index is 14.3. The number of rotatable bonds is 20. The Hall–Kier alpha value is -4.76. The van der Waals surface area contributed by atoms with Crippen molar-refractivity contribution in [1.29, 1.82) is 0 Å². The lowest BCUT2D eigenvalue weighted by molar-refractivity contribution is -0.145. The lowest BCUT2D eigenvalue weighted by Crippen LogP contribution is -2.67. The molecule has 292 valence electrons. The molecule has 4 rings (SSSR count). The Kier molecular flexibility index (Phi) is 15.2. The molecule has 2 fully saturated rings. The van der Waals surface area contributed by atoms with Crippen molar-refractivity contribution < 1.29 is 33.6 Å². The van der Waals surface area contributed by atoms with E-state index in [9.17, 15) is 33.6 Å². The number of Topliss-reactive ketones (excluding diaryl/α,β-unsaturated/α-hetero) is 1. The summed E-state index contributed by atoms with van der Waals surface area (Å²) in [7, 11) is 1.48. The summed E-state index contributed by atoms with van der Waals surface area (Å²) in [5.41, 5.74) is 8.49. The third-order valence-corrected chi connectivity index (χ3v) is 10.6. The molecule has 0 aliphatic carbocycles. The largest absolute Gasteiger partial charge is 0.368 e.